The molecule has 1 aliphatic rings. The fourth-order valence-corrected chi connectivity index (χ4v) is 1.19. The van der Waals surface area contributed by atoms with E-state index in [4.69, 9.17) is 0 Å². The molecule has 0 bridgehead atoms. The lowest BCUT2D eigenvalue weighted by Crippen LogP contribution is -1.89. The minimum Gasteiger partial charge on any atom is -0.299 e. The Morgan fingerprint density at radius 3 is 2.54 bits per heavy atom. The predicted molar refractivity (Wildman–Crippen MR) is 49.1 cm³/mol. The number of carbonyl (C=O) groups is 1. The van der Waals surface area contributed by atoms with Crippen molar-refractivity contribution >= 4 is 12.4 Å². The zero-order chi connectivity index (χ0) is 9.10. The maximum atomic E-state index is 10.0. The van der Waals surface area contributed by atoms with Gasteiger partial charge in [0.05, 0.1) is 0 Å². The molecular weight excluding hydrogens is 164 g/mol. The minimum atomic E-state index is 0.594. The molecule has 0 aliphatic heterocycles. The monoisotopic (exact) mass is 174 g/mol. The third kappa shape index (κ3) is 1.99. The molecule has 0 amide bonds. The van der Waals surface area contributed by atoms with E-state index in [1.807, 2.05) is 12.4 Å². The Balaban J connectivity index is 2.12. The van der Waals surface area contributed by atoms with E-state index in [0.717, 1.165) is 6.29 Å². The van der Waals surface area contributed by atoms with Crippen LogP contribution in [0, 0.1) is 0 Å². The zero-order valence-electron chi connectivity index (χ0n) is 7.18. The Hall–Kier alpha value is -1.51. The van der Waals surface area contributed by atoms with E-state index in [2.05, 4.69) is 9.97 Å². The largest absolute Gasteiger partial charge is 0.299 e. The van der Waals surface area contributed by atoms with Crippen molar-refractivity contribution in [3.63, 3.8) is 0 Å². The molecule has 1 aromatic rings. The quantitative estimate of drug-likeness (QED) is 0.516. The minimum absolute atomic E-state index is 0.594. The van der Waals surface area contributed by atoms with Gasteiger partial charge in [0.2, 0.25) is 0 Å². The summed E-state index contributed by atoms with van der Waals surface area (Å²) >= 11 is 0. The van der Waals surface area contributed by atoms with Crippen LogP contribution >= 0.6 is 0 Å². The normalized spacial score (nSPS) is 16.3. The molecule has 1 saturated carbocycles. The summed E-state index contributed by atoms with van der Waals surface area (Å²) in [6.07, 6.45) is 9.91. The summed E-state index contributed by atoms with van der Waals surface area (Å²) in [6.45, 7) is 0. The summed E-state index contributed by atoms with van der Waals surface area (Å²) in [5.74, 6) is 1.28. The fraction of sp³-hybridized carbons (Fsp3) is 0.300. The summed E-state index contributed by atoms with van der Waals surface area (Å²) in [7, 11) is 0. The van der Waals surface area contributed by atoms with Gasteiger partial charge < -0.3 is 0 Å². The standard InChI is InChI=1S/C10H10N2O/c13-5-1-2-10-11-6-9(7-12-10)8-3-4-8/h1-2,5-8H,3-4H2/b2-1+. The highest BCUT2D eigenvalue weighted by atomic mass is 16.1. The summed E-state index contributed by atoms with van der Waals surface area (Å²) in [5.41, 5.74) is 1.21. The van der Waals surface area contributed by atoms with E-state index in [1.54, 1.807) is 6.08 Å². The number of aromatic nitrogens is 2. The van der Waals surface area contributed by atoms with Crippen LogP contribution in [0.3, 0.4) is 0 Å². The molecule has 3 heteroatoms. The number of hydrogen-bond acceptors (Lipinski definition) is 3. The molecular formula is C10H10N2O. The van der Waals surface area contributed by atoms with Gasteiger partial charge in [-0.15, -0.1) is 0 Å². The van der Waals surface area contributed by atoms with E-state index in [-0.39, 0.29) is 0 Å². The summed E-state index contributed by atoms with van der Waals surface area (Å²) < 4.78 is 0. The molecule has 3 nitrogen and oxygen atoms in total. The molecule has 0 N–H and O–H groups in total. The van der Waals surface area contributed by atoms with E-state index in [0.29, 0.717) is 11.7 Å². The first-order valence-corrected chi connectivity index (χ1v) is 4.34. The average Bonchev–Trinajstić information content (AvgIpc) is 2.99. The van der Waals surface area contributed by atoms with E-state index >= 15 is 0 Å². The second-order valence-electron chi connectivity index (χ2n) is 3.14. The van der Waals surface area contributed by atoms with E-state index in [1.165, 1.54) is 24.5 Å². The highest BCUT2D eigenvalue weighted by Crippen LogP contribution is 2.39. The smallest absolute Gasteiger partial charge is 0.151 e. The zero-order valence-corrected chi connectivity index (χ0v) is 7.18. The lowest BCUT2D eigenvalue weighted by molar-refractivity contribution is -0.104. The summed E-state index contributed by atoms with van der Waals surface area (Å²) in [6, 6.07) is 0. The third-order valence-corrected chi connectivity index (χ3v) is 2.06. The first-order valence-electron chi connectivity index (χ1n) is 4.34. The second-order valence-corrected chi connectivity index (χ2v) is 3.14. The van der Waals surface area contributed by atoms with Gasteiger partial charge in [-0.3, -0.25) is 4.79 Å². The van der Waals surface area contributed by atoms with Gasteiger partial charge in [0.1, 0.15) is 6.29 Å². The van der Waals surface area contributed by atoms with Crippen molar-refractivity contribution in [3.8, 4) is 0 Å². The van der Waals surface area contributed by atoms with Crippen LogP contribution in [0.15, 0.2) is 18.5 Å². The van der Waals surface area contributed by atoms with Crippen LogP contribution in [0.4, 0.5) is 0 Å². The van der Waals surface area contributed by atoms with Crippen molar-refractivity contribution in [1.82, 2.24) is 9.97 Å². The van der Waals surface area contributed by atoms with Gasteiger partial charge in [0.15, 0.2) is 5.82 Å². The summed E-state index contributed by atoms with van der Waals surface area (Å²) in [5, 5.41) is 0. The van der Waals surface area contributed by atoms with Crippen LogP contribution in [0.5, 0.6) is 0 Å². The SMILES string of the molecule is O=C/C=C/c1ncc(C2CC2)cn1. The molecule has 0 aromatic carbocycles. The summed E-state index contributed by atoms with van der Waals surface area (Å²) in [4.78, 5) is 18.3. The highest BCUT2D eigenvalue weighted by molar-refractivity contribution is 5.72. The molecule has 0 saturated heterocycles. The van der Waals surface area contributed by atoms with Crippen molar-refractivity contribution in [2.45, 2.75) is 18.8 Å². The molecule has 66 valence electrons. The second kappa shape index (κ2) is 3.47. The third-order valence-electron chi connectivity index (χ3n) is 2.06. The molecule has 0 spiro atoms. The number of allylic oxidation sites excluding steroid dienone is 1. The molecule has 0 atom stereocenters. The molecule has 2 rings (SSSR count). The number of carbonyl (C=O) groups excluding carboxylic acids is 1. The van der Waals surface area contributed by atoms with Gasteiger partial charge in [-0.05, 0) is 36.5 Å². The maximum Gasteiger partial charge on any atom is 0.151 e. The van der Waals surface area contributed by atoms with Crippen molar-refractivity contribution in [1.29, 1.82) is 0 Å². The first kappa shape index (κ1) is 8.10. The molecule has 1 heterocycles. The first-order chi connectivity index (χ1) is 6.40. The molecule has 1 fully saturated rings. The van der Waals surface area contributed by atoms with Gasteiger partial charge in [-0.2, -0.15) is 0 Å². The lowest BCUT2D eigenvalue weighted by atomic mass is 10.2. The Morgan fingerprint density at radius 2 is 2.00 bits per heavy atom. The molecule has 0 radical (unpaired) electrons. The van der Waals surface area contributed by atoms with Gasteiger partial charge in [-0.25, -0.2) is 9.97 Å². The number of nitrogens with zero attached hydrogens (tertiary/aromatic N) is 2. The molecule has 13 heavy (non-hydrogen) atoms. The molecule has 0 unspecified atom stereocenters. The van der Waals surface area contributed by atoms with Crippen LogP contribution in [0.2, 0.25) is 0 Å². The van der Waals surface area contributed by atoms with Gasteiger partial charge in [0, 0.05) is 12.4 Å². The Morgan fingerprint density at radius 1 is 1.31 bits per heavy atom. The van der Waals surface area contributed by atoms with Crippen LogP contribution in [-0.2, 0) is 4.79 Å². The van der Waals surface area contributed by atoms with Gasteiger partial charge >= 0.3 is 0 Å². The van der Waals surface area contributed by atoms with E-state index < -0.39 is 0 Å². The number of rotatable bonds is 3. The topological polar surface area (TPSA) is 42.9 Å². The van der Waals surface area contributed by atoms with E-state index in [9.17, 15) is 4.79 Å². The predicted octanol–water partition coefficient (Wildman–Crippen LogP) is 1.57. The van der Waals surface area contributed by atoms with Crippen LogP contribution < -0.4 is 0 Å². The highest BCUT2D eigenvalue weighted by Gasteiger charge is 2.23. The molecule has 1 aliphatic carbocycles. The van der Waals surface area contributed by atoms with Crippen molar-refractivity contribution in [2.24, 2.45) is 0 Å². The van der Waals surface area contributed by atoms with Crippen LogP contribution in [0.1, 0.15) is 30.1 Å². The van der Waals surface area contributed by atoms with Crippen molar-refractivity contribution in [3.05, 3.63) is 29.9 Å². The lowest BCUT2D eigenvalue weighted by Gasteiger charge is -1.95. The number of hydrogen-bond donors (Lipinski definition) is 0. The average molecular weight is 174 g/mol. The van der Waals surface area contributed by atoms with Crippen LogP contribution in [0.25, 0.3) is 6.08 Å². The Labute approximate surface area is 76.5 Å². The van der Waals surface area contributed by atoms with Crippen molar-refractivity contribution in [2.75, 3.05) is 0 Å². The Bertz CT molecular complexity index is 325. The number of aldehydes is 1. The van der Waals surface area contributed by atoms with Gasteiger partial charge in [-0.1, -0.05) is 0 Å². The Kier molecular flexibility index (Phi) is 2.17. The molecule has 1 aromatic heterocycles. The van der Waals surface area contributed by atoms with Crippen molar-refractivity contribution < 1.29 is 4.79 Å². The van der Waals surface area contributed by atoms with Gasteiger partial charge in [0.25, 0.3) is 0 Å². The fourth-order valence-electron chi connectivity index (χ4n) is 1.19. The van der Waals surface area contributed by atoms with Crippen LogP contribution in [-0.4, -0.2) is 16.3 Å². The maximum absolute atomic E-state index is 10.0.